The zero-order chi connectivity index (χ0) is 45.8. The second-order valence-electron chi connectivity index (χ2n) is 17.2. The number of pyridine rings is 1. The summed E-state index contributed by atoms with van der Waals surface area (Å²) >= 11 is 0. The number of hydrogen-bond acceptors (Lipinski definition) is 10. The molecule has 2 aromatic rings. The van der Waals surface area contributed by atoms with Gasteiger partial charge in [-0.2, -0.15) is 26.3 Å². The van der Waals surface area contributed by atoms with Gasteiger partial charge in [0.2, 0.25) is 33.3 Å². The number of rotatable bonds is 9. The summed E-state index contributed by atoms with van der Waals surface area (Å²) in [5.74, 6) is -5.01. The Morgan fingerprint density at radius 3 is 2.35 bits per heavy atom. The fourth-order valence-electron chi connectivity index (χ4n) is 8.00. The second kappa shape index (κ2) is 16.7. The van der Waals surface area contributed by atoms with Crippen LogP contribution >= 0.6 is 0 Å². The maximum absolute atomic E-state index is 14.7. The minimum absolute atomic E-state index is 0.0288. The smallest absolute Gasteiger partial charge is 0.427 e. The van der Waals surface area contributed by atoms with Crippen LogP contribution in [0.3, 0.4) is 0 Å². The molecule has 7 unspecified atom stereocenters. The summed E-state index contributed by atoms with van der Waals surface area (Å²) in [6.45, 7) is 2.93. The number of aromatic nitrogens is 1. The standard InChI is InChI=1S/C40H48F7N5O9S/c1-21-8-6-7-9-23-17-38(23,34(55)51-62(57,58)37(20-41)12-13-37)50-31(53)29-16-25(60-32-26-11-10-24(59-5)15-27(26)28(18-48-32)39(42,43)44)19-52(29)33(54)30(22(2)14-21)49-35(56)61-36(3,4)40(45,46)47/h7,9-11,15,18,21-23,25,29-30H,6,8,12-14,16-17,19-20H2,1-5H3,(H,49,56)(H,50,53)(H,51,55). The van der Waals surface area contributed by atoms with Crippen molar-refractivity contribution in [3.8, 4) is 11.6 Å². The number of benzene rings is 1. The van der Waals surface area contributed by atoms with E-state index in [-0.39, 0.29) is 60.4 Å². The van der Waals surface area contributed by atoms with E-state index in [0.29, 0.717) is 32.9 Å². The van der Waals surface area contributed by atoms with Gasteiger partial charge in [0.1, 0.15) is 40.9 Å². The first kappa shape index (κ1) is 46.6. The number of alkyl halides is 7. The molecule has 14 nitrogen and oxygen atoms in total. The van der Waals surface area contributed by atoms with Gasteiger partial charge in [-0.05, 0) is 82.4 Å². The predicted molar refractivity (Wildman–Crippen MR) is 207 cm³/mol. The van der Waals surface area contributed by atoms with Gasteiger partial charge < -0.3 is 29.7 Å². The number of hydrogen-bond donors (Lipinski definition) is 3. The Hall–Kier alpha value is -4.89. The number of methoxy groups -OCH3 is 1. The number of allylic oxidation sites excluding steroid dienone is 1. The highest BCUT2D eigenvalue weighted by molar-refractivity contribution is 7.91. The van der Waals surface area contributed by atoms with Crippen LogP contribution in [0.5, 0.6) is 11.6 Å². The first-order chi connectivity index (χ1) is 28.8. The third-order valence-corrected chi connectivity index (χ3v) is 14.3. The van der Waals surface area contributed by atoms with Gasteiger partial charge >= 0.3 is 18.4 Å². The molecule has 7 atom stereocenters. The monoisotopic (exact) mass is 907 g/mol. The number of sulfonamides is 1. The molecule has 22 heteroatoms. The minimum Gasteiger partial charge on any atom is -0.497 e. The molecule has 1 aromatic heterocycles. The van der Waals surface area contributed by atoms with Crippen LogP contribution in [-0.2, 0) is 35.3 Å². The Morgan fingerprint density at radius 1 is 1.05 bits per heavy atom. The van der Waals surface area contributed by atoms with Crippen LogP contribution in [0, 0.1) is 17.8 Å². The Balaban J connectivity index is 1.38. The average Bonchev–Trinajstić information content (AvgIpc) is 4.08. The number of alkyl carbamates (subject to hydrolysis) is 1. The number of nitrogens with zero attached hydrogens (tertiary/aromatic N) is 2. The van der Waals surface area contributed by atoms with E-state index in [1.165, 1.54) is 19.2 Å². The Bertz CT molecular complexity index is 2230. The lowest BCUT2D eigenvalue weighted by Gasteiger charge is -2.34. The largest absolute Gasteiger partial charge is 0.497 e. The molecule has 2 aliphatic carbocycles. The molecule has 342 valence electrons. The Morgan fingerprint density at radius 2 is 1.74 bits per heavy atom. The summed E-state index contributed by atoms with van der Waals surface area (Å²) < 4.78 is 140. The van der Waals surface area contributed by atoms with Gasteiger partial charge in [0.25, 0.3) is 5.91 Å². The number of ether oxygens (including phenoxy) is 3. The van der Waals surface area contributed by atoms with Crippen LogP contribution in [0.25, 0.3) is 10.8 Å². The molecule has 4 aliphatic rings. The van der Waals surface area contributed by atoms with Crippen LogP contribution < -0.4 is 24.8 Å². The van der Waals surface area contributed by atoms with Gasteiger partial charge in [0, 0.05) is 29.3 Å². The molecule has 3 heterocycles. The predicted octanol–water partition coefficient (Wildman–Crippen LogP) is 5.88. The van der Waals surface area contributed by atoms with Crippen molar-refractivity contribution in [3.63, 3.8) is 0 Å². The highest BCUT2D eigenvalue weighted by Crippen LogP contribution is 2.48. The van der Waals surface area contributed by atoms with Crippen molar-refractivity contribution >= 4 is 44.6 Å². The SMILES string of the molecule is COc1ccc2c(OC3CC4C(=O)NC5(C(=O)NS(=O)(=O)C6(CF)CC6)CC5C=CCCC(C)CC(C)C(NC(=O)OC(C)(C)C(F)(F)F)C(=O)N4C3)ncc(C(F)(F)F)c2c1. The van der Waals surface area contributed by atoms with Crippen LogP contribution in [0.4, 0.5) is 35.5 Å². The summed E-state index contributed by atoms with van der Waals surface area (Å²) in [5, 5.41) is 4.44. The first-order valence-electron chi connectivity index (χ1n) is 20.0. The van der Waals surface area contributed by atoms with Crippen molar-refractivity contribution in [1.29, 1.82) is 0 Å². The number of carbonyl (C=O) groups excluding carboxylic acids is 4. The molecule has 0 spiro atoms. The van der Waals surface area contributed by atoms with Crippen molar-refractivity contribution in [2.45, 2.75) is 119 Å². The first-order valence-corrected chi connectivity index (χ1v) is 21.4. The Labute approximate surface area is 352 Å². The number of amides is 4. The van der Waals surface area contributed by atoms with Crippen LogP contribution in [0.1, 0.15) is 78.2 Å². The molecular formula is C40H48F7N5O9S. The molecule has 0 bridgehead atoms. The highest BCUT2D eigenvalue weighted by Gasteiger charge is 2.64. The molecule has 4 amide bonds. The number of halogens is 7. The minimum atomic E-state index is -5.00. The van der Waals surface area contributed by atoms with E-state index in [1.807, 2.05) is 11.6 Å². The fourth-order valence-corrected chi connectivity index (χ4v) is 9.42. The maximum Gasteiger partial charge on any atom is 0.427 e. The lowest BCUT2D eigenvalue weighted by molar-refractivity contribution is -0.244. The molecule has 2 aliphatic heterocycles. The van der Waals surface area contributed by atoms with Crippen LogP contribution in [-0.4, -0.2) is 103 Å². The molecule has 3 fully saturated rings. The van der Waals surface area contributed by atoms with Gasteiger partial charge in [0.15, 0.2) is 0 Å². The number of nitrogens with one attached hydrogen (secondary N) is 3. The van der Waals surface area contributed by atoms with E-state index in [9.17, 15) is 58.3 Å². The van der Waals surface area contributed by atoms with Crippen molar-refractivity contribution in [2.24, 2.45) is 17.8 Å². The molecule has 3 N–H and O–H groups in total. The van der Waals surface area contributed by atoms with Crippen molar-refractivity contribution in [1.82, 2.24) is 25.2 Å². The average molecular weight is 908 g/mol. The van der Waals surface area contributed by atoms with Crippen LogP contribution in [0.15, 0.2) is 36.5 Å². The second-order valence-corrected chi connectivity index (χ2v) is 19.3. The molecule has 2 saturated carbocycles. The van der Waals surface area contributed by atoms with E-state index in [2.05, 4.69) is 15.6 Å². The zero-order valence-electron chi connectivity index (χ0n) is 34.4. The van der Waals surface area contributed by atoms with Crippen molar-refractivity contribution < 1.29 is 72.5 Å². The lowest BCUT2D eigenvalue weighted by atomic mass is 9.88. The molecule has 0 radical (unpaired) electrons. The lowest BCUT2D eigenvalue weighted by Crippen LogP contribution is -2.60. The van der Waals surface area contributed by atoms with Gasteiger partial charge in [0.05, 0.1) is 19.2 Å². The molecule has 6 rings (SSSR count). The summed E-state index contributed by atoms with van der Waals surface area (Å²) in [7, 11) is -3.28. The van der Waals surface area contributed by atoms with Crippen molar-refractivity contribution in [3.05, 3.63) is 42.1 Å². The molecule has 1 saturated heterocycles. The van der Waals surface area contributed by atoms with Gasteiger partial charge in [-0.1, -0.05) is 26.0 Å². The normalized spacial score (nSPS) is 28.1. The van der Waals surface area contributed by atoms with Gasteiger partial charge in [-0.3, -0.25) is 19.1 Å². The van der Waals surface area contributed by atoms with E-state index in [1.54, 1.807) is 19.1 Å². The molecular weight excluding hydrogens is 860 g/mol. The third kappa shape index (κ3) is 9.25. The van der Waals surface area contributed by atoms with E-state index in [0.717, 1.165) is 11.0 Å². The molecule has 1 aromatic carbocycles. The highest BCUT2D eigenvalue weighted by atomic mass is 32.2. The van der Waals surface area contributed by atoms with Crippen molar-refractivity contribution in [2.75, 3.05) is 20.3 Å². The maximum atomic E-state index is 14.7. The topological polar surface area (TPSA) is 182 Å². The summed E-state index contributed by atoms with van der Waals surface area (Å²) in [5.41, 5.74) is -5.97. The summed E-state index contributed by atoms with van der Waals surface area (Å²) in [6.07, 6.45) is -8.04. The Kier molecular flexibility index (Phi) is 12.5. The fraction of sp³-hybridized carbons (Fsp3) is 0.625. The van der Waals surface area contributed by atoms with Gasteiger partial charge in [-0.25, -0.2) is 22.6 Å². The quantitative estimate of drug-likeness (QED) is 0.203. The molecule has 62 heavy (non-hydrogen) atoms. The zero-order valence-corrected chi connectivity index (χ0v) is 35.2. The number of fused-ring (bicyclic) bond motifs is 3. The summed E-state index contributed by atoms with van der Waals surface area (Å²) in [6, 6.07) is 0.605. The summed E-state index contributed by atoms with van der Waals surface area (Å²) in [4.78, 5) is 61.2. The van der Waals surface area contributed by atoms with E-state index >= 15 is 0 Å². The van der Waals surface area contributed by atoms with E-state index in [4.69, 9.17) is 14.2 Å². The number of carbonyl (C=O) groups is 4. The third-order valence-electron chi connectivity index (χ3n) is 12.2. The van der Waals surface area contributed by atoms with E-state index < -0.39 is 111 Å². The van der Waals surface area contributed by atoms with Crippen LogP contribution in [0.2, 0.25) is 0 Å². The van der Waals surface area contributed by atoms with Gasteiger partial charge in [-0.15, -0.1) is 0 Å².